The van der Waals surface area contributed by atoms with E-state index in [2.05, 4.69) is 0 Å². The van der Waals surface area contributed by atoms with Gasteiger partial charge < -0.3 is 0 Å². The van der Waals surface area contributed by atoms with E-state index in [4.69, 9.17) is 10.7 Å². The van der Waals surface area contributed by atoms with Crippen molar-refractivity contribution in [3.8, 4) is 10.4 Å². The first-order valence-corrected chi connectivity index (χ1v) is 7.35. The van der Waals surface area contributed by atoms with Crippen molar-refractivity contribution in [3.63, 3.8) is 0 Å². The molecule has 0 radical (unpaired) electrons. The molecule has 0 fully saturated rings. The lowest BCUT2D eigenvalue weighted by Crippen LogP contribution is -1.89. The summed E-state index contributed by atoms with van der Waals surface area (Å²) in [4.78, 5) is 0.867. The Morgan fingerprint density at radius 1 is 1.07 bits per heavy atom. The Bertz CT molecular complexity index is 558. The number of thiophene rings is 1. The molecule has 78 valence electrons. The van der Waals surface area contributed by atoms with Crippen LogP contribution < -0.4 is 0 Å². The van der Waals surface area contributed by atoms with Gasteiger partial charge >= 0.3 is 0 Å². The summed E-state index contributed by atoms with van der Waals surface area (Å²) in [5.74, 6) is 0. The van der Waals surface area contributed by atoms with Gasteiger partial charge in [-0.3, -0.25) is 0 Å². The fourth-order valence-corrected chi connectivity index (χ4v) is 3.74. The van der Waals surface area contributed by atoms with Gasteiger partial charge in [0, 0.05) is 10.7 Å². The lowest BCUT2D eigenvalue weighted by Gasteiger charge is -1.99. The molecular weight excluding hydrogens is 252 g/mol. The molecule has 0 aliphatic carbocycles. The highest BCUT2D eigenvalue weighted by Gasteiger charge is 2.17. The molecule has 2 rings (SSSR count). The number of hydrogen-bond acceptors (Lipinski definition) is 3. The van der Waals surface area contributed by atoms with Crippen LogP contribution in [0.4, 0.5) is 0 Å². The first kappa shape index (κ1) is 10.7. The van der Waals surface area contributed by atoms with Gasteiger partial charge in [-0.1, -0.05) is 30.3 Å². The third-order valence-electron chi connectivity index (χ3n) is 1.93. The molecule has 0 unspecified atom stereocenters. The molecule has 0 amide bonds. The number of rotatable bonds is 2. The van der Waals surface area contributed by atoms with E-state index in [1.165, 1.54) is 17.4 Å². The standard InChI is InChI=1S/C10H7ClO2S2/c11-15(12,13)9-6-7-14-10(9)8-4-2-1-3-5-8/h1-7H. The first-order chi connectivity index (χ1) is 7.09. The van der Waals surface area contributed by atoms with Crippen LogP contribution in [-0.4, -0.2) is 8.42 Å². The minimum absolute atomic E-state index is 0.181. The molecule has 0 aliphatic heterocycles. The van der Waals surface area contributed by atoms with Crippen molar-refractivity contribution in [2.45, 2.75) is 4.90 Å². The fourth-order valence-electron chi connectivity index (χ4n) is 1.29. The Hall–Kier alpha value is -0.840. The summed E-state index contributed by atoms with van der Waals surface area (Å²) in [5, 5.41) is 1.72. The summed E-state index contributed by atoms with van der Waals surface area (Å²) in [6.07, 6.45) is 0. The Labute approximate surface area is 96.6 Å². The second-order valence-electron chi connectivity index (χ2n) is 2.92. The monoisotopic (exact) mass is 258 g/mol. The Morgan fingerprint density at radius 2 is 1.73 bits per heavy atom. The second kappa shape index (κ2) is 3.96. The van der Waals surface area contributed by atoms with Gasteiger partial charge in [0.05, 0.1) is 4.88 Å². The zero-order valence-electron chi connectivity index (χ0n) is 7.55. The maximum atomic E-state index is 11.3. The highest BCUT2D eigenvalue weighted by Crippen LogP contribution is 2.34. The summed E-state index contributed by atoms with van der Waals surface area (Å²) in [7, 11) is 1.68. The average molecular weight is 259 g/mol. The number of hydrogen-bond donors (Lipinski definition) is 0. The molecule has 0 saturated carbocycles. The maximum Gasteiger partial charge on any atom is 0.262 e. The van der Waals surface area contributed by atoms with E-state index >= 15 is 0 Å². The van der Waals surface area contributed by atoms with Crippen LogP contribution in [0.1, 0.15) is 0 Å². The molecule has 0 N–H and O–H groups in total. The molecule has 0 aliphatic rings. The summed E-state index contributed by atoms with van der Waals surface area (Å²) >= 11 is 1.37. The molecule has 0 bridgehead atoms. The Balaban J connectivity index is 2.61. The van der Waals surface area contributed by atoms with E-state index in [0.717, 1.165) is 5.56 Å². The molecule has 2 aromatic rings. The van der Waals surface area contributed by atoms with E-state index in [-0.39, 0.29) is 4.90 Å². The van der Waals surface area contributed by atoms with Crippen molar-refractivity contribution in [1.29, 1.82) is 0 Å². The quantitative estimate of drug-likeness (QED) is 0.775. The van der Waals surface area contributed by atoms with Gasteiger partial charge in [0.25, 0.3) is 9.05 Å². The summed E-state index contributed by atoms with van der Waals surface area (Å²) in [6.45, 7) is 0. The molecule has 0 saturated heterocycles. The normalized spacial score (nSPS) is 11.5. The van der Waals surface area contributed by atoms with Gasteiger partial charge in [0.1, 0.15) is 4.90 Å². The van der Waals surface area contributed by atoms with Crippen LogP contribution >= 0.6 is 22.0 Å². The fraction of sp³-hybridized carbons (Fsp3) is 0. The van der Waals surface area contributed by atoms with Crippen LogP contribution in [0.3, 0.4) is 0 Å². The second-order valence-corrected chi connectivity index (χ2v) is 6.37. The first-order valence-electron chi connectivity index (χ1n) is 4.16. The molecule has 1 aromatic heterocycles. The van der Waals surface area contributed by atoms with Crippen LogP contribution in [0.2, 0.25) is 0 Å². The van der Waals surface area contributed by atoms with Gasteiger partial charge in [-0.25, -0.2) is 8.42 Å². The van der Waals surface area contributed by atoms with E-state index in [1.54, 1.807) is 5.38 Å². The Morgan fingerprint density at radius 3 is 2.33 bits per heavy atom. The van der Waals surface area contributed by atoms with Gasteiger partial charge in [0.2, 0.25) is 0 Å². The van der Waals surface area contributed by atoms with Gasteiger partial charge in [-0.2, -0.15) is 0 Å². The van der Waals surface area contributed by atoms with Gasteiger partial charge in [-0.05, 0) is 17.0 Å². The third kappa shape index (κ3) is 2.22. The van der Waals surface area contributed by atoms with E-state index in [0.29, 0.717) is 4.88 Å². The minimum Gasteiger partial charge on any atom is -0.207 e. The van der Waals surface area contributed by atoms with Crippen molar-refractivity contribution in [2.75, 3.05) is 0 Å². The van der Waals surface area contributed by atoms with Crippen molar-refractivity contribution in [3.05, 3.63) is 41.8 Å². The largest absolute Gasteiger partial charge is 0.262 e. The molecule has 0 spiro atoms. The molecular formula is C10H7ClO2S2. The SMILES string of the molecule is O=S(=O)(Cl)c1ccsc1-c1ccccc1. The smallest absolute Gasteiger partial charge is 0.207 e. The van der Waals surface area contributed by atoms with Crippen LogP contribution in [0, 0.1) is 0 Å². The highest BCUT2D eigenvalue weighted by atomic mass is 35.7. The number of benzene rings is 1. The van der Waals surface area contributed by atoms with E-state index in [9.17, 15) is 8.42 Å². The molecule has 0 atom stereocenters. The average Bonchev–Trinajstić information content (AvgIpc) is 2.67. The maximum absolute atomic E-state index is 11.3. The van der Waals surface area contributed by atoms with E-state index in [1.807, 2.05) is 30.3 Å². The van der Waals surface area contributed by atoms with Crippen molar-refractivity contribution >= 4 is 31.1 Å². The van der Waals surface area contributed by atoms with Crippen molar-refractivity contribution in [2.24, 2.45) is 0 Å². The van der Waals surface area contributed by atoms with Crippen LogP contribution in [0.5, 0.6) is 0 Å². The van der Waals surface area contributed by atoms with Gasteiger partial charge in [-0.15, -0.1) is 11.3 Å². The molecule has 5 heteroatoms. The highest BCUT2D eigenvalue weighted by molar-refractivity contribution is 8.14. The minimum atomic E-state index is -3.66. The van der Waals surface area contributed by atoms with Crippen LogP contribution in [-0.2, 0) is 9.05 Å². The molecule has 1 heterocycles. The summed E-state index contributed by atoms with van der Waals surface area (Å²) in [5.41, 5.74) is 0.867. The lowest BCUT2D eigenvalue weighted by atomic mass is 10.2. The number of halogens is 1. The predicted octanol–water partition coefficient (Wildman–Crippen LogP) is 3.34. The van der Waals surface area contributed by atoms with Gasteiger partial charge in [0.15, 0.2) is 0 Å². The van der Waals surface area contributed by atoms with Crippen LogP contribution in [0.25, 0.3) is 10.4 Å². The van der Waals surface area contributed by atoms with E-state index < -0.39 is 9.05 Å². The zero-order chi connectivity index (χ0) is 10.9. The summed E-state index contributed by atoms with van der Waals surface area (Å²) < 4.78 is 22.5. The van der Waals surface area contributed by atoms with Crippen LogP contribution in [0.15, 0.2) is 46.7 Å². The van der Waals surface area contributed by atoms with Crippen molar-refractivity contribution < 1.29 is 8.42 Å². The molecule has 1 aromatic carbocycles. The topological polar surface area (TPSA) is 34.1 Å². The molecule has 15 heavy (non-hydrogen) atoms. The lowest BCUT2D eigenvalue weighted by molar-refractivity contribution is 0.610. The Kier molecular flexibility index (Phi) is 2.82. The predicted molar refractivity (Wildman–Crippen MR) is 62.8 cm³/mol. The summed E-state index contributed by atoms with van der Waals surface area (Å²) in [6, 6.07) is 10.8. The molecule has 2 nitrogen and oxygen atoms in total. The third-order valence-corrected chi connectivity index (χ3v) is 4.38. The zero-order valence-corrected chi connectivity index (χ0v) is 9.94. The van der Waals surface area contributed by atoms with Crippen molar-refractivity contribution in [1.82, 2.24) is 0 Å².